The second-order valence-electron chi connectivity index (χ2n) is 6.56. The highest BCUT2D eigenvalue weighted by Crippen LogP contribution is 2.27. The van der Waals surface area contributed by atoms with Gasteiger partial charge in [0.1, 0.15) is 4.90 Å². The molecule has 0 aliphatic heterocycles. The summed E-state index contributed by atoms with van der Waals surface area (Å²) in [5, 5.41) is 12.0. The zero-order chi connectivity index (χ0) is 22.2. The van der Waals surface area contributed by atoms with Crippen LogP contribution in [-0.2, 0) is 27.1 Å². The number of aromatic nitrogens is 4. The highest BCUT2D eigenvalue weighted by Gasteiger charge is 2.20. The third kappa shape index (κ3) is 4.47. The number of rotatable bonds is 6. The molecule has 4 rings (SSSR count). The van der Waals surface area contributed by atoms with Gasteiger partial charge in [-0.1, -0.05) is 12.1 Å². The van der Waals surface area contributed by atoms with Crippen LogP contribution in [0.2, 0.25) is 0 Å². The summed E-state index contributed by atoms with van der Waals surface area (Å²) in [5.41, 5.74) is 1.48. The predicted molar refractivity (Wildman–Crippen MR) is 115 cm³/mol. The number of para-hydroxylation sites is 2. The molecule has 0 unspecified atom stereocenters. The third-order valence-corrected chi connectivity index (χ3v) is 6.46. The minimum Gasteiger partial charge on any atom is -0.337 e. The summed E-state index contributed by atoms with van der Waals surface area (Å²) in [5.74, 6) is 0.104. The number of primary sulfonamides is 1. The average Bonchev–Trinajstić information content (AvgIpc) is 3.15. The van der Waals surface area contributed by atoms with E-state index in [9.17, 15) is 16.8 Å². The number of benzene rings is 2. The van der Waals surface area contributed by atoms with Crippen LogP contribution in [0.4, 0.5) is 17.3 Å². The number of nitrogens with two attached hydrogens (primary N) is 1. The summed E-state index contributed by atoms with van der Waals surface area (Å²) in [6, 6.07) is 12.6. The number of anilines is 3. The SMILES string of the molecule is Cn1cc(S(=O)(=O)Nc2nc3ccccc3nc2Nc2ccc(S(N)(=O)=O)cc2)cn1. The fourth-order valence-electron chi connectivity index (χ4n) is 2.75. The molecule has 31 heavy (non-hydrogen) atoms. The van der Waals surface area contributed by atoms with E-state index >= 15 is 0 Å². The topological polar surface area (TPSA) is 162 Å². The monoisotopic (exact) mass is 459 g/mol. The van der Waals surface area contributed by atoms with E-state index in [-0.39, 0.29) is 21.4 Å². The largest absolute Gasteiger partial charge is 0.337 e. The van der Waals surface area contributed by atoms with Gasteiger partial charge in [-0.3, -0.25) is 9.40 Å². The predicted octanol–water partition coefficient (Wildman–Crippen LogP) is 1.56. The molecule has 160 valence electrons. The summed E-state index contributed by atoms with van der Waals surface area (Å²) >= 11 is 0. The van der Waals surface area contributed by atoms with Gasteiger partial charge in [0, 0.05) is 18.9 Å². The lowest BCUT2D eigenvalue weighted by atomic mass is 10.3. The quantitative estimate of drug-likeness (QED) is 0.391. The second-order valence-corrected chi connectivity index (χ2v) is 9.80. The highest BCUT2D eigenvalue weighted by atomic mass is 32.2. The highest BCUT2D eigenvalue weighted by molar-refractivity contribution is 7.92. The van der Waals surface area contributed by atoms with Crippen LogP contribution in [0.1, 0.15) is 0 Å². The number of nitrogens with zero attached hydrogens (tertiary/aromatic N) is 4. The van der Waals surface area contributed by atoms with Gasteiger partial charge < -0.3 is 5.32 Å². The van der Waals surface area contributed by atoms with Crippen molar-refractivity contribution in [3.63, 3.8) is 0 Å². The number of nitrogens with one attached hydrogen (secondary N) is 2. The fourth-order valence-corrected chi connectivity index (χ4v) is 4.25. The Bertz CT molecular complexity index is 1480. The van der Waals surface area contributed by atoms with Crippen LogP contribution in [0, 0.1) is 0 Å². The Morgan fingerprint density at radius 3 is 2.03 bits per heavy atom. The molecule has 2 heterocycles. The number of fused-ring (bicyclic) bond motifs is 1. The maximum atomic E-state index is 12.8. The Balaban J connectivity index is 1.75. The van der Waals surface area contributed by atoms with Gasteiger partial charge >= 0.3 is 0 Å². The van der Waals surface area contributed by atoms with E-state index in [2.05, 4.69) is 25.1 Å². The summed E-state index contributed by atoms with van der Waals surface area (Å²) in [6.07, 6.45) is 2.58. The van der Waals surface area contributed by atoms with E-state index < -0.39 is 20.0 Å². The van der Waals surface area contributed by atoms with Gasteiger partial charge in [-0.05, 0) is 36.4 Å². The van der Waals surface area contributed by atoms with E-state index in [4.69, 9.17) is 5.14 Å². The summed E-state index contributed by atoms with van der Waals surface area (Å²) in [6.45, 7) is 0. The molecular formula is C18H17N7O4S2. The normalized spacial score (nSPS) is 12.1. The Morgan fingerprint density at radius 2 is 1.48 bits per heavy atom. The summed E-state index contributed by atoms with van der Waals surface area (Å²) < 4.78 is 52.2. The van der Waals surface area contributed by atoms with Gasteiger partial charge in [-0.15, -0.1) is 0 Å². The lowest BCUT2D eigenvalue weighted by Crippen LogP contribution is -2.15. The smallest absolute Gasteiger partial charge is 0.266 e. The Hall–Kier alpha value is -3.55. The lowest BCUT2D eigenvalue weighted by Gasteiger charge is -2.13. The zero-order valence-corrected chi connectivity index (χ0v) is 17.7. The maximum Gasteiger partial charge on any atom is 0.266 e. The summed E-state index contributed by atoms with van der Waals surface area (Å²) in [4.78, 5) is 8.76. The van der Waals surface area contributed by atoms with Crippen LogP contribution in [0.5, 0.6) is 0 Å². The van der Waals surface area contributed by atoms with Gasteiger partial charge in [-0.25, -0.2) is 31.9 Å². The number of aryl methyl sites for hydroxylation is 1. The first-order chi connectivity index (χ1) is 14.6. The van der Waals surface area contributed by atoms with Crippen LogP contribution >= 0.6 is 0 Å². The molecule has 0 spiro atoms. The molecule has 0 saturated carbocycles. The molecule has 4 aromatic rings. The van der Waals surface area contributed by atoms with Crippen LogP contribution in [0.15, 0.2) is 70.7 Å². The second kappa shape index (κ2) is 7.61. The lowest BCUT2D eigenvalue weighted by molar-refractivity contribution is 0.597. The molecule has 0 bridgehead atoms. The molecule has 13 heteroatoms. The van der Waals surface area contributed by atoms with Crippen molar-refractivity contribution < 1.29 is 16.8 Å². The van der Waals surface area contributed by atoms with Crippen molar-refractivity contribution >= 4 is 48.4 Å². The van der Waals surface area contributed by atoms with Crippen LogP contribution in [0.3, 0.4) is 0 Å². The van der Waals surface area contributed by atoms with Crippen LogP contribution in [0.25, 0.3) is 11.0 Å². The minimum atomic E-state index is -3.97. The molecule has 0 atom stereocenters. The van der Waals surface area contributed by atoms with Crippen molar-refractivity contribution in [3.8, 4) is 0 Å². The van der Waals surface area contributed by atoms with Gasteiger partial charge in [0.25, 0.3) is 10.0 Å². The van der Waals surface area contributed by atoms with E-state index in [1.807, 2.05) is 0 Å². The van der Waals surface area contributed by atoms with Gasteiger partial charge in [0.2, 0.25) is 10.0 Å². The van der Waals surface area contributed by atoms with Crippen molar-refractivity contribution in [2.24, 2.45) is 12.2 Å². The molecule has 0 fully saturated rings. The average molecular weight is 460 g/mol. The van der Waals surface area contributed by atoms with Gasteiger partial charge in [0.15, 0.2) is 11.6 Å². The van der Waals surface area contributed by atoms with E-state index in [1.54, 1.807) is 31.3 Å². The summed E-state index contributed by atoms with van der Waals surface area (Å²) in [7, 11) is -6.21. The first kappa shape index (κ1) is 20.7. The molecule has 11 nitrogen and oxygen atoms in total. The van der Waals surface area contributed by atoms with Crippen molar-refractivity contribution in [2.45, 2.75) is 9.79 Å². The molecule has 0 saturated heterocycles. The number of sulfonamides is 2. The molecule has 2 aromatic heterocycles. The fraction of sp³-hybridized carbons (Fsp3) is 0.0556. The molecule has 0 aliphatic carbocycles. The molecule has 0 aliphatic rings. The van der Waals surface area contributed by atoms with Crippen LogP contribution < -0.4 is 15.2 Å². The van der Waals surface area contributed by atoms with Crippen molar-refractivity contribution in [1.29, 1.82) is 0 Å². The Labute approximate surface area is 178 Å². The van der Waals surface area contributed by atoms with E-state index in [1.165, 1.54) is 41.3 Å². The minimum absolute atomic E-state index is 0.0296. The third-order valence-electron chi connectivity index (χ3n) is 4.24. The molecule has 2 aromatic carbocycles. The molecule has 0 radical (unpaired) electrons. The number of hydrogen-bond donors (Lipinski definition) is 3. The van der Waals surface area contributed by atoms with Crippen molar-refractivity contribution in [3.05, 3.63) is 60.9 Å². The standard InChI is InChI=1S/C18H17N7O4S2/c1-25-11-14(10-20-25)31(28,29)24-18-17(22-15-4-2-3-5-16(15)23-18)21-12-6-8-13(9-7-12)30(19,26)27/h2-11H,1H3,(H,21,22)(H,23,24)(H2,19,26,27). The Kier molecular flexibility index (Phi) is 5.08. The molecule has 4 N–H and O–H groups in total. The molecule has 0 amide bonds. The van der Waals surface area contributed by atoms with E-state index in [0.717, 1.165) is 0 Å². The van der Waals surface area contributed by atoms with Crippen LogP contribution in [-0.4, -0.2) is 36.6 Å². The molecular weight excluding hydrogens is 442 g/mol. The first-order valence-corrected chi connectivity index (χ1v) is 11.8. The Morgan fingerprint density at radius 1 is 0.871 bits per heavy atom. The maximum absolute atomic E-state index is 12.8. The van der Waals surface area contributed by atoms with Gasteiger partial charge in [-0.2, -0.15) is 5.10 Å². The number of hydrogen-bond acceptors (Lipinski definition) is 8. The van der Waals surface area contributed by atoms with Gasteiger partial charge in [0.05, 0.1) is 22.1 Å². The first-order valence-electron chi connectivity index (χ1n) is 8.80. The zero-order valence-electron chi connectivity index (χ0n) is 16.1. The van der Waals surface area contributed by atoms with Crippen molar-refractivity contribution in [1.82, 2.24) is 19.7 Å². The van der Waals surface area contributed by atoms with E-state index in [0.29, 0.717) is 16.7 Å². The van der Waals surface area contributed by atoms with Crippen molar-refractivity contribution in [2.75, 3.05) is 10.0 Å².